The number of hydrogen-bond acceptors (Lipinski definition) is 0. The van der Waals surface area contributed by atoms with Gasteiger partial charge >= 0.3 is 0 Å². The molecule has 0 atom stereocenters. The first-order valence-electron chi connectivity index (χ1n) is 6.75. The lowest BCUT2D eigenvalue weighted by Gasteiger charge is -2.41. The Morgan fingerprint density at radius 3 is 1.71 bits per heavy atom. The van der Waals surface area contributed by atoms with Gasteiger partial charge in [0.25, 0.3) is 0 Å². The zero-order chi connectivity index (χ0) is 13.1. The van der Waals surface area contributed by atoms with Crippen molar-refractivity contribution < 1.29 is 0 Å². The van der Waals surface area contributed by atoms with E-state index >= 15 is 0 Å². The lowest BCUT2D eigenvalue weighted by Crippen LogP contribution is -2.32. The summed E-state index contributed by atoms with van der Waals surface area (Å²) in [4.78, 5) is 0. The van der Waals surface area contributed by atoms with Crippen molar-refractivity contribution in [2.75, 3.05) is 0 Å². The van der Waals surface area contributed by atoms with Gasteiger partial charge in [-0.25, -0.2) is 0 Å². The number of aryl methyl sites for hydroxylation is 1. The van der Waals surface area contributed by atoms with Crippen LogP contribution in [0.1, 0.15) is 53.5 Å². The zero-order valence-corrected chi connectivity index (χ0v) is 12.4. The quantitative estimate of drug-likeness (QED) is 0.661. The van der Waals surface area contributed by atoms with Crippen LogP contribution in [0.25, 0.3) is 0 Å². The third-order valence-corrected chi connectivity index (χ3v) is 3.66. The van der Waals surface area contributed by atoms with Crippen LogP contribution in [0.15, 0.2) is 30.3 Å². The van der Waals surface area contributed by atoms with E-state index < -0.39 is 0 Å². The van der Waals surface area contributed by atoms with E-state index in [4.69, 9.17) is 0 Å². The highest BCUT2D eigenvalue weighted by molar-refractivity contribution is 5.14. The molecule has 17 heavy (non-hydrogen) atoms. The molecule has 1 aromatic rings. The zero-order valence-electron chi connectivity index (χ0n) is 12.4. The van der Waals surface area contributed by atoms with E-state index in [2.05, 4.69) is 71.9 Å². The highest BCUT2D eigenvalue weighted by Crippen LogP contribution is 2.42. The summed E-state index contributed by atoms with van der Waals surface area (Å²) in [6, 6.07) is 10.8. The molecule has 0 spiro atoms. The second kappa shape index (κ2) is 5.25. The van der Waals surface area contributed by atoms with Gasteiger partial charge < -0.3 is 0 Å². The standard InChI is InChI=1S/C17H28/c1-16(2,3)15(17(4,5)6)13-12-14-10-8-7-9-11-14/h7-11,15H,12-13H2,1-6H3. The summed E-state index contributed by atoms with van der Waals surface area (Å²) in [7, 11) is 0. The number of hydrogen-bond donors (Lipinski definition) is 0. The highest BCUT2D eigenvalue weighted by Gasteiger charge is 2.34. The van der Waals surface area contributed by atoms with E-state index in [0.717, 1.165) is 5.92 Å². The van der Waals surface area contributed by atoms with E-state index in [0.29, 0.717) is 10.8 Å². The van der Waals surface area contributed by atoms with Gasteiger partial charge in [0.2, 0.25) is 0 Å². The minimum atomic E-state index is 0.382. The van der Waals surface area contributed by atoms with Crippen LogP contribution in [0.3, 0.4) is 0 Å². The number of rotatable bonds is 3. The Morgan fingerprint density at radius 2 is 1.29 bits per heavy atom. The van der Waals surface area contributed by atoms with Crippen molar-refractivity contribution in [2.24, 2.45) is 16.7 Å². The summed E-state index contributed by atoms with van der Waals surface area (Å²) in [5.74, 6) is 0.746. The van der Waals surface area contributed by atoms with Crippen LogP contribution in [-0.4, -0.2) is 0 Å². The topological polar surface area (TPSA) is 0 Å². The maximum absolute atomic E-state index is 2.37. The van der Waals surface area contributed by atoms with Crippen LogP contribution in [0, 0.1) is 16.7 Å². The molecule has 0 heteroatoms. The molecule has 0 N–H and O–H groups in total. The molecule has 1 rings (SSSR count). The minimum absolute atomic E-state index is 0.382. The molecule has 0 aliphatic rings. The van der Waals surface area contributed by atoms with E-state index in [9.17, 15) is 0 Å². The molecule has 0 amide bonds. The van der Waals surface area contributed by atoms with Crippen molar-refractivity contribution in [3.05, 3.63) is 35.9 Å². The van der Waals surface area contributed by atoms with Crippen molar-refractivity contribution in [3.8, 4) is 0 Å². The fourth-order valence-corrected chi connectivity index (χ4v) is 3.12. The predicted molar refractivity (Wildman–Crippen MR) is 77.2 cm³/mol. The molecule has 0 fully saturated rings. The lowest BCUT2D eigenvalue weighted by molar-refractivity contribution is 0.0932. The van der Waals surface area contributed by atoms with E-state index in [1.807, 2.05) is 0 Å². The fourth-order valence-electron chi connectivity index (χ4n) is 3.12. The van der Waals surface area contributed by atoms with E-state index in [1.165, 1.54) is 18.4 Å². The van der Waals surface area contributed by atoms with Crippen LogP contribution < -0.4 is 0 Å². The van der Waals surface area contributed by atoms with Gasteiger partial charge in [-0.1, -0.05) is 71.9 Å². The summed E-state index contributed by atoms with van der Waals surface area (Å²) in [5, 5.41) is 0. The van der Waals surface area contributed by atoms with Gasteiger partial charge in [0, 0.05) is 0 Å². The van der Waals surface area contributed by atoms with Gasteiger partial charge in [-0.3, -0.25) is 0 Å². The molecule has 0 bridgehead atoms. The van der Waals surface area contributed by atoms with Gasteiger partial charge in [0.15, 0.2) is 0 Å². The first kappa shape index (κ1) is 14.3. The normalized spacial score (nSPS) is 13.1. The van der Waals surface area contributed by atoms with Gasteiger partial charge in [-0.2, -0.15) is 0 Å². The molecule has 0 aliphatic heterocycles. The summed E-state index contributed by atoms with van der Waals surface area (Å²) < 4.78 is 0. The largest absolute Gasteiger partial charge is 0.0622 e. The Hall–Kier alpha value is -0.780. The summed E-state index contributed by atoms with van der Waals surface area (Å²) >= 11 is 0. The molecule has 0 saturated carbocycles. The Bertz CT molecular complexity index is 307. The third-order valence-electron chi connectivity index (χ3n) is 3.66. The Balaban J connectivity index is 2.70. The molecule has 0 unspecified atom stereocenters. The van der Waals surface area contributed by atoms with Crippen molar-refractivity contribution in [1.29, 1.82) is 0 Å². The molecular formula is C17H28. The van der Waals surface area contributed by atoms with Crippen LogP contribution in [-0.2, 0) is 6.42 Å². The molecule has 96 valence electrons. The molecule has 0 aromatic heterocycles. The molecule has 0 heterocycles. The Kier molecular flexibility index (Phi) is 4.41. The molecule has 1 aromatic carbocycles. The summed E-state index contributed by atoms with van der Waals surface area (Å²) in [6.07, 6.45) is 2.47. The van der Waals surface area contributed by atoms with Gasteiger partial charge in [-0.15, -0.1) is 0 Å². The molecule has 0 aliphatic carbocycles. The van der Waals surface area contributed by atoms with Gasteiger partial charge in [0.05, 0.1) is 0 Å². The average molecular weight is 232 g/mol. The molecule has 0 radical (unpaired) electrons. The van der Waals surface area contributed by atoms with E-state index in [1.54, 1.807) is 0 Å². The maximum Gasteiger partial charge on any atom is -0.0276 e. The second-order valence-electron chi connectivity index (χ2n) is 7.31. The summed E-state index contributed by atoms with van der Waals surface area (Å²) in [5.41, 5.74) is 2.23. The van der Waals surface area contributed by atoms with Crippen LogP contribution in [0.4, 0.5) is 0 Å². The van der Waals surface area contributed by atoms with Crippen molar-refractivity contribution in [3.63, 3.8) is 0 Å². The number of benzene rings is 1. The second-order valence-corrected chi connectivity index (χ2v) is 7.31. The lowest BCUT2D eigenvalue weighted by atomic mass is 9.64. The van der Waals surface area contributed by atoms with E-state index in [-0.39, 0.29) is 0 Å². The summed E-state index contributed by atoms with van der Waals surface area (Å²) in [6.45, 7) is 14.2. The molecule has 0 saturated heterocycles. The van der Waals surface area contributed by atoms with Crippen molar-refractivity contribution in [2.45, 2.75) is 54.4 Å². The first-order chi connectivity index (χ1) is 7.71. The van der Waals surface area contributed by atoms with Crippen molar-refractivity contribution >= 4 is 0 Å². The smallest absolute Gasteiger partial charge is 0.0276 e. The Labute approximate surface area is 107 Å². The van der Waals surface area contributed by atoms with Crippen LogP contribution in [0.5, 0.6) is 0 Å². The molecular weight excluding hydrogens is 204 g/mol. The Morgan fingerprint density at radius 1 is 0.824 bits per heavy atom. The van der Waals surface area contributed by atoms with Gasteiger partial charge in [0.1, 0.15) is 0 Å². The first-order valence-corrected chi connectivity index (χ1v) is 6.75. The molecule has 0 nitrogen and oxygen atoms in total. The SMILES string of the molecule is CC(C)(C)C(CCc1ccccc1)C(C)(C)C. The van der Waals surface area contributed by atoms with Gasteiger partial charge in [-0.05, 0) is 35.2 Å². The fraction of sp³-hybridized carbons (Fsp3) is 0.647. The van der Waals surface area contributed by atoms with Crippen LogP contribution >= 0.6 is 0 Å². The monoisotopic (exact) mass is 232 g/mol. The highest BCUT2D eigenvalue weighted by atomic mass is 14.4. The third kappa shape index (κ3) is 4.53. The van der Waals surface area contributed by atoms with Crippen molar-refractivity contribution in [1.82, 2.24) is 0 Å². The van der Waals surface area contributed by atoms with Crippen LogP contribution in [0.2, 0.25) is 0 Å². The minimum Gasteiger partial charge on any atom is -0.0622 e. The maximum atomic E-state index is 2.37. The predicted octanol–water partition coefficient (Wildman–Crippen LogP) is 5.33. The average Bonchev–Trinajstić information content (AvgIpc) is 2.15.